The van der Waals surface area contributed by atoms with Gasteiger partial charge in [0.15, 0.2) is 23.5 Å². The summed E-state index contributed by atoms with van der Waals surface area (Å²) < 4.78 is 10.6. The van der Waals surface area contributed by atoms with E-state index in [0.29, 0.717) is 11.5 Å². The highest BCUT2D eigenvalue weighted by Crippen LogP contribution is 2.58. The van der Waals surface area contributed by atoms with Crippen LogP contribution in [0.2, 0.25) is 0 Å². The summed E-state index contributed by atoms with van der Waals surface area (Å²) >= 11 is 0. The number of fused-ring (bicyclic) bond motifs is 1. The lowest BCUT2D eigenvalue weighted by Gasteiger charge is -2.15. The number of carbonyl (C=O) groups is 1. The third-order valence-electron chi connectivity index (χ3n) is 3.45. The van der Waals surface area contributed by atoms with Crippen molar-refractivity contribution in [3.63, 3.8) is 0 Å². The third-order valence-corrected chi connectivity index (χ3v) is 3.45. The highest BCUT2D eigenvalue weighted by molar-refractivity contribution is 5.96. The van der Waals surface area contributed by atoms with E-state index in [4.69, 9.17) is 9.47 Å². The lowest BCUT2D eigenvalue weighted by Crippen LogP contribution is -2.16. The molecule has 0 unspecified atom stereocenters. The maximum Gasteiger partial charge on any atom is 0.210 e. The van der Waals surface area contributed by atoms with E-state index in [1.165, 1.54) is 18.5 Å². The van der Waals surface area contributed by atoms with Crippen LogP contribution in [0.4, 0.5) is 5.69 Å². The predicted molar refractivity (Wildman–Crippen MR) is 62.0 cm³/mol. The molecule has 0 atom stereocenters. The summed E-state index contributed by atoms with van der Waals surface area (Å²) in [5.41, 5.74) is 2.08. The van der Waals surface area contributed by atoms with Crippen molar-refractivity contribution in [2.45, 2.75) is 12.8 Å². The van der Waals surface area contributed by atoms with Crippen LogP contribution in [0.25, 0.3) is 5.76 Å². The van der Waals surface area contributed by atoms with Crippen LogP contribution in [-0.4, -0.2) is 19.4 Å². The highest BCUT2D eigenvalue weighted by Gasteiger charge is 2.38. The standard InChI is InChI=1S/C13H11NO3/c15-7-10-11(16-10)8-3-4-9(13-12(8)17-13)14-5-1-2-6-14/h3-4,7H,1-2,5-6H2. The van der Waals surface area contributed by atoms with Crippen molar-refractivity contribution in [2.24, 2.45) is 0 Å². The van der Waals surface area contributed by atoms with Crippen molar-refractivity contribution in [3.8, 4) is 11.5 Å². The number of ether oxygens (including phenoxy) is 2. The second kappa shape index (κ2) is 3.03. The molecule has 17 heavy (non-hydrogen) atoms. The van der Waals surface area contributed by atoms with E-state index in [0.717, 1.165) is 36.4 Å². The number of allylic oxidation sites excluding steroid dienone is 1. The molecule has 3 aliphatic heterocycles. The Kier molecular flexibility index (Phi) is 1.62. The number of rotatable bonds is 3. The lowest BCUT2D eigenvalue weighted by molar-refractivity contribution is -0.105. The Labute approximate surface area is 98.4 Å². The van der Waals surface area contributed by atoms with Crippen molar-refractivity contribution >= 4 is 17.7 Å². The van der Waals surface area contributed by atoms with Gasteiger partial charge in [0.2, 0.25) is 5.76 Å². The average molecular weight is 229 g/mol. The van der Waals surface area contributed by atoms with Crippen LogP contribution in [0.15, 0.2) is 17.9 Å². The van der Waals surface area contributed by atoms with E-state index in [-0.39, 0.29) is 0 Å². The molecule has 86 valence electrons. The highest BCUT2D eigenvalue weighted by atomic mass is 16.6. The van der Waals surface area contributed by atoms with E-state index in [9.17, 15) is 4.79 Å². The Morgan fingerprint density at radius 2 is 1.94 bits per heavy atom. The average Bonchev–Trinajstić information content (AvgIpc) is 3.25. The van der Waals surface area contributed by atoms with E-state index in [2.05, 4.69) is 11.0 Å². The first kappa shape index (κ1) is 9.10. The maximum atomic E-state index is 10.5. The minimum atomic E-state index is 0.427. The van der Waals surface area contributed by atoms with Gasteiger partial charge in [0.25, 0.3) is 0 Å². The zero-order valence-electron chi connectivity index (χ0n) is 9.23. The number of benzene rings is 1. The SMILES string of the molecule is O=CC1=C(c2ccc(N3CCCC3)c3c2O3)O1. The molecule has 3 heterocycles. The van der Waals surface area contributed by atoms with Crippen LogP contribution in [0, 0.1) is 0 Å². The summed E-state index contributed by atoms with van der Waals surface area (Å²) in [5.74, 6) is 2.93. The van der Waals surface area contributed by atoms with E-state index >= 15 is 0 Å². The molecular weight excluding hydrogens is 218 g/mol. The molecule has 0 spiro atoms. The molecule has 0 radical (unpaired) electrons. The zero-order chi connectivity index (χ0) is 11.4. The first-order valence-electron chi connectivity index (χ1n) is 5.86. The molecule has 0 aromatic heterocycles. The maximum absolute atomic E-state index is 10.5. The molecule has 1 aromatic carbocycles. The second-order valence-corrected chi connectivity index (χ2v) is 4.50. The van der Waals surface area contributed by atoms with Gasteiger partial charge < -0.3 is 14.4 Å². The molecule has 0 bridgehead atoms. The first-order valence-corrected chi connectivity index (χ1v) is 5.86. The lowest BCUT2D eigenvalue weighted by atomic mass is 10.2. The largest absolute Gasteiger partial charge is 0.446 e. The smallest absolute Gasteiger partial charge is 0.210 e. The van der Waals surface area contributed by atoms with Crippen molar-refractivity contribution in [1.29, 1.82) is 0 Å². The minimum Gasteiger partial charge on any atom is -0.446 e. The molecule has 0 N–H and O–H groups in total. The fourth-order valence-corrected chi connectivity index (χ4v) is 2.47. The Bertz CT molecular complexity index is 556. The molecular formula is C13H11NO3. The fourth-order valence-electron chi connectivity index (χ4n) is 2.47. The van der Waals surface area contributed by atoms with Gasteiger partial charge in [0.1, 0.15) is 0 Å². The summed E-state index contributed by atoms with van der Waals surface area (Å²) in [7, 11) is 0. The Hall–Kier alpha value is -1.97. The Morgan fingerprint density at radius 3 is 2.65 bits per heavy atom. The van der Waals surface area contributed by atoms with Crippen LogP contribution in [0.3, 0.4) is 0 Å². The zero-order valence-corrected chi connectivity index (χ0v) is 9.23. The first-order chi connectivity index (χ1) is 8.38. The van der Waals surface area contributed by atoms with Gasteiger partial charge in [-0.15, -0.1) is 0 Å². The number of nitrogens with zero attached hydrogens (tertiary/aromatic N) is 1. The van der Waals surface area contributed by atoms with Gasteiger partial charge in [-0.1, -0.05) is 0 Å². The molecule has 4 nitrogen and oxygen atoms in total. The molecule has 4 heteroatoms. The Morgan fingerprint density at radius 1 is 1.12 bits per heavy atom. The van der Waals surface area contributed by atoms with Gasteiger partial charge in [-0.3, -0.25) is 4.79 Å². The van der Waals surface area contributed by atoms with Gasteiger partial charge in [0, 0.05) is 13.1 Å². The predicted octanol–water partition coefficient (Wildman–Crippen LogP) is 2.29. The Balaban J connectivity index is 1.70. The van der Waals surface area contributed by atoms with Crippen LogP contribution in [0.5, 0.6) is 11.5 Å². The molecule has 1 saturated heterocycles. The van der Waals surface area contributed by atoms with Crippen molar-refractivity contribution in [3.05, 3.63) is 23.5 Å². The molecule has 3 aliphatic rings. The number of hydrogen-bond donors (Lipinski definition) is 0. The van der Waals surface area contributed by atoms with E-state index in [1.807, 2.05) is 6.07 Å². The van der Waals surface area contributed by atoms with Crippen molar-refractivity contribution in [1.82, 2.24) is 0 Å². The number of carbonyl (C=O) groups excluding carboxylic acids is 1. The van der Waals surface area contributed by atoms with E-state index in [1.54, 1.807) is 0 Å². The van der Waals surface area contributed by atoms with Gasteiger partial charge in [-0.25, -0.2) is 0 Å². The summed E-state index contributed by atoms with van der Waals surface area (Å²) in [6, 6.07) is 4.04. The van der Waals surface area contributed by atoms with Gasteiger partial charge in [0.05, 0.1) is 11.3 Å². The molecule has 1 fully saturated rings. The van der Waals surface area contributed by atoms with Crippen LogP contribution in [-0.2, 0) is 9.53 Å². The summed E-state index contributed by atoms with van der Waals surface area (Å²) in [6.45, 7) is 2.21. The molecule has 0 saturated carbocycles. The van der Waals surface area contributed by atoms with Crippen LogP contribution >= 0.6 is 0 Å². The van der Waals surface area contributed by atoms with Crippen LogP contribution in [0.1, 0.15) is 18.4 Å². The molecule has 0 amide bonds. The summed E-state index contributed by atoms with van der Waals surface area (Å²) in [4.78, 5) is 12.9. The summed E-state index contributed by atoms with van der Waals surface area (Å²) in [5, 5.41) is 0. The minimum absolute atomic E-state index is 0.427. The van der Waals surface area contributed by atoms with Crippen LogP contribution < -0.4 is 9.64 Å². The molecule has 4 rings (SSSR count). The molecule has 1 aromatic rings. The van der Waals surface area contributed by atoms with E-state index < -0.39 is 0 Å². The quantitative estimate of drug-likeness (QED) is 0.598. The fraction of sp³-hybridized carbons (Fsp3) is 0.308. The van der Waals surface area contributed by atoms with Gasteiger partial charge in [-0.2, -0.15) is 0 Å². The second-order valence-electron chi connectivity index (χ2n) is 4.50. The third kappa shape index (κ3) is 1.27. The number of aldehydes is 1. The van der Waals surface area contributed by atoms with Gasteiger partial charge in [-0.05, 0) is 25.0 Å². The topological polar surface area (TPSA) is 45.4 Å². The number of anilines is 1. The normalized spacial score (nSPS) is 19.6. The number of hydrogen-bond acceptors (Lipinski definition) is 4. The van der Waals surface area contributed by atoms with Gasteiger partial charge >= 0.3 is 0 Å². The molecule has 0 aliphatic carbocycles. The summed E-state index contributed by atoms with van der Waals surface area (Å²) in [6.07, 6.45) is 3.23. The van der Waals surface area contributed by atoms with Crippen molar-refractivity contribution < 1.29 is 14.3 Å². The monoisotopic (exact) mass is 229 g/mol. The van der Waals surface area contributed by atoms with Crippen molar-refractivity contribution in [2.75, 3.05) is 18.0 Å².